The number of carbonyl (C=O) groups is 2. The Hall–Kier alpha value is -2.60. The first-order valence-electron chi connectivity index (χ1n) is 7.04. The Bertz CT molecular complexity index is 734. The van der Waals surface area contributed by atoms with Gasteiger partial charge in [-0.1, -0.05) is 29.3 Å². The molecule has 0 aromatic heterocycles. The summed E-state index contributed by atoms with van der Waals surface area (Å²) < 4.78 is 23.1. The van der Waals surface area contributed by atoms with Gasteiger partial charge in [-0.2, -0.15) is 0 Å². The van der Waals surface area contributed by atoms with Crippen molar-refractivity contribution in [3.63, 3.8) is 0 Å². The number of ether oxygens (including phenoxy) is 2. The SMILES string of the molecule is Cc1ccc(OCC(=O)OCC(=O)Nc2cc(F)ccc2Cl)cc1. The van der Waals surface area contributed by atoms with Gasteiger partial charge in [0.2, 0.25) is 0 Å². The lowest BCUT2D eigenvalue weighted by atomic mass is 10.2. The van der Waals surface area contributed by atoms with Crippen LogP contribution in [0.15, 0.2) is 42.5 Å². The summed E-state index contributed by atoms with van der Waals surface area (Å²) in [6, 6.07) is 10.7. The van der Waals surface area contributed by atoms with E-state index in [0.717, 1.165) is 11.6 Å². The lowest BCUT2D eigenvalue weighted by molar-refractivity contribution is -0.149. The summed E-state index contributed by atoms with van der Waals surface area (Å²) in [4.78, 5) is 23.2. The molecule has 0 heterocycles. The number of rotatable bonds is 6. The maximum atomic E-state index is 13.1. The van der Waals surface area contributed by atoms with Gasteiger partial charge in [-0.3, -0.25) is 4.79 Å². The first-order chi connectivity index (χ1) is 11.4. The first kappa shape index (κ1) is 17.7. The number of halogens is 2. The fourth-order valence-corrected chi connectivity index (χ4v) is 1.91. The molecule has 5 nitrogen and oxygen atoms in total. The molecule has 0 atom stereocenters. The van der Waals surface area contributed by atoms with Gasteiger partial charge in [0, 0.05) is 0 Å². The van der Waals surface area contributed by atoms with Crippen LogP contribution in [0.4, 0.5) is 10.1 Å². The van der Waals surface area contributed by atoms with Crippen LogP contribution in [0.1, 0.15) is 5.56 Å². The van der Waals surface area contributed by atoms with Gasteiger partial charge in [0.05, 0.1) is 10.7 Å². The van der Waals surface area contributed by atoms with Gasteiger partial charge < -0.3 is 14.8 Å². The number of carbonyl (C=O) groups excluding carboxylic acids is 2. The molecule has 0 aliphatic rings. The number of hydrogen-bond acceptors (Lipinski definition) is 4. The minimum Gasteiger partial charge on any atom is -0.482 e. The molecule has 1 amide bonds. The van der Waals surface area contributed by atoms with E-state index < -0.39 is 24.3 Å². The van der Waals surface area contributed by atoms with Crippen LogP contribution >= 0.6 is 11.6 Å². The smallest absolute Gasteiger partial charge is 0.344 e. The van der Waals surface area contributed by atoms with Gasteiger partial charge in [-0.05, 0) is 37.3 Å². The van der Waals surface area contributed by atoms with Crippen LogP contribution in [-0.2, 0) is 14.3 Å². The second-order valence-electron chi connectivity index (χ2n) is 4.93. The molecule has 0 unspecified atom stereocenters. The molecular formula is C17H15ClFNO4. The van der Waals surface area contributed by atoms with Gasteiger partial charge in [0.1, 0.15) is 11.6 Å². The molecule has 0 bridgehead atoms. The maximum Gasteiger partial charge on any atom is 0.344 e. The van der Waals surface area contributed by atoms with Crippen LogP contribution in [0.25, 0.3) is 0 Å². The zero-order chi connectivity index (χ0) is 17.5. The Labute approximate surface area is 143 Å². The lowest BCUT2D eigenvalue weighted by Gasteiger charge is -2.09. The molecule has 0 spiro atoms. The van der Waals surface area contributed by atoms with Crippen LogP contribution in [0.2, 0.25) is 5.02 Å². The predicted octanol–water partition coefficient (Wildman–Crippen LogP) is 3.35. The molecule has 7 heteroatoms. The molecule has 1 N–H and O–H groups in total. The second-order valence-corrected chi connectivity index (χ2v) is 5.34. The Morgan fingerprint density at radius 3 is 2.54 bits per heavy atom. The summed E-state index contributed by atoms with van der Waals surface area (Å²) in [5.41, 5.74) is 1.17. The fraction of sp³-hybridized carbons (Fsp3) is 0.176. The van der Waals surface area contributed by atoms with E-state index in [0.29, 0.717) is 5.75 Å². The zero-order valence-corrected chi connectivity index (χ0v) is 13.6. The van der Waals surface area contributed by atoms with Crippen LogP contribution in [0, 0.1) is 12.7 Å². The molecule has 24 heavy (non-hydrogen) atoms. The van der Waals surface area contributed by atoms with E-state index in [1.54, 1.807) is 12.1 Å². The average molecular weight is 352 g/mol. The molecule has 0 aliphatic heterocycles. The van der Waals surface area contributed by atoms with Gasteiger partial charge in [-0.15, -0.1) is 0 Å². The molecule has 0 saturated heterocycles. The fourth-order valence-electron chi connectivity index (χ4n) is 1.74. The molecule has 0 saturated carbocycles. The van der Waals surface area contributed by atoms with Gasteiger partial charge >= 0.3 is 5.97 Å². The van der Waals surface area contributed by atoms with Crippen molar-refractivity contribution >= 4 is 29.2 Å². The standard InChI is InChI=1S/C17H15ClFNO4/c1-11-2-5-13(6-3-11)23-10-17(22)24-9-16(21)20-15-8-12(19)4-7-14(15)18/h2-8H,9-10H2,1H3,(H,20,21). The van der Waals surface area contributed by atoms with E-state index in [1.165, 1.54) is 12.1 Å². The Morgan fingerprint density at radius 2 is 1.83 bits per heavy atom. The summed E-state index contributed by atoms with van der Waals surface area (Å²) in [7, 11) is 0. The van der Waals surface area contributed by atoms with Crippen LogP contribution < -0.4 is 10.1 Å². The first-order valence-corrected chi connectivity index (χ1v) is 7.42. The Kier molecular flexibility index (Phi) is 6.14. The molecule has 0 radical (unpaired) electrons. The van der Waals surface area contributed by atoms with Crippen molar-refractivity contribution in [3.05, 3.63) is 58.9 Å². The van der Waals surface area contributed by atoms with Crippen molar-refractivity contribution < 1.29 is 23.5 Å². The van der Waals surface area contributed by atoms with E-state index in [-0.39, 0.29) is 17.3 Å². The van der Waals surface area contributed by atoms with Gasteiger partial charge in [0.25, 0.3) is 5.91 Å². The molecular weight excluding hydrogens is 337 g/mol. The number of aryl methyl sites for hydroxylation is 1. The zero-order valence-electron chi connectivity index (χ0n) is 12.8. The van der Waals surface area contributed by atoms with Crippen LogP contribution in [0.5, 0.6) is 5.75 Å². The van der Waals surface area contributed by atoms with E-state index in [2.05, 4.69) is 5.32 Å². The summed E-state index contributed by atoms with van der Waals surface area (Å²) in [6.07, 6.45) is 0. The van der Waals surface area contributed by atoms with Crippen molar-refractivity contribution in [1.29, 1.82) is 0 Å². The van der Waals surface area contributed by atoms with Crippen molar-refractivity contribution in [1.82, 2.24) is 0 Å². The quantitative estimate of drug-likeness (QED) is 0.811. The Balaban J connectivity index is 1.75. The molecule has 2 aromatic rings. The molecule has 126 valence electrons. The molecule has 0 fully saturated rings. The monoisotopic (exact) mass is 351 g/mol. The summed E-state index contributed by atoms with van der Waals surface area (Å²) >= 11 is 5.82. The maximum absolute atomic E-state index is 13.1. The normalized spacial score (nSPS) is 10.1. The Morgan fingerprint density at radius 1 is 1.12 bits per heavy atom. The highest BCUT2D eigenvalue weighted by molar-refractivity contribution is 6.33. The van der Waals surface area contributed by atoms with Crippen molar-refractivity contribution in [2.45, 2.75) is 6.92 Å². The third-order valence-electron chi connectivity index (χ3n) is 2.94. The summed E-state index contributed by atoms with van der Waals surface area (Å²) in [6.45, 7) is 1.08. The highest BCUT2D eigenvalue weighted by Gasteiger charge is 2.11. The number of anilines is 1. The van der Waals surface area contributed by atoms with E-state index >= 15 is 0 Å². The number of esters is 1. The van der Waals surface area contributed by atoms with Crippen LogP contribution in [-0.4, -0.2) is 25.1 Å². The van der Waals surface area contributed by atoms with Crippen molar-refractivity contribution in [2.24, 2.45) is 0 Å². The number of nitrogens with one attached hydrogen (secondary N) is 1. The number of hydrogen-bond donors (Lipinski definition) is 1. The van der Waals surface area contributed by atoms with E-state index in [4.69, 9.17) is 21.1 Å². The molecule has 0 aliphatic carbocycles. The third kappa shape index (κ3) is 5.55. The van der Waals surface area contributed by atoms with Crippen LogP contribution in [0.3, 0.4) is 0 Å². The number of benzene rings is 2. The molecule has 2 aromatic carbocycles. The third-order valence-corrected chi connectivity index (χ3v) is 3.27. The highest BCUT2D eigenvalue weighted by Crippen LogP contribution is 2.22. The van der Waals surface area contributed by atoms with E-state index in [1.807, 2.05) is 19.1 Å². The topological polar surface area (TPSA) is 64.6 Å². The second kappa shape index (κ2) is 8.31. The van der Waals surface area contributed by atoms with E-state index in [9.17, 15) is 14.0 Å². The summed E-state index contributed by atoms with van der Waals surface area (Å²) in [5, 5.41) is 2.54. The highest BCUT2D eigenvalue weighted by atomic mass is 35.5. The molecule has 2 rings (SSSR count). The minimum absolute atomic E-state index is 0.105. The lowest BCUT2D eigenvalue weighted by Crippen LogP contribution is -2.23. The minimum atomic E-state index is -0.698. The average Bonchev–Trinajstić information content (AvgIpc) is 2.56. The van der Waals surface area contributed by atoms with Crippen molar-refractivity contribution in [3.8, 4) is 5.75 Å². The van der Waals surface area contributed by atoms with Crippen molar-refractivity contribution in [2.75, 3.05) is 18.5 Å². The van der Waals surface area contributed by atoms with Gasteiger partial charge in [0.15, 0.2) is 13.2 Å². The number of amides is 1. The summed E-state index contributed by atoms with van der Waals surface area (Å²) in [5.74, 6) is -1.35. The largest absolute Gasteiger partial charge is 0.482 e. The van der Waals surface area contributed by atoms with Gasteiger partial charge in [-0.25, -0.2) is 9.18 Å². The predicted molar refractivity (Wildman–Crippen MR) is 87.7 cm³/mol.